The Labute approximate surface area is 180 Å². The molecule has 1 aromatic heterocycles. The molecule has 3 rings (SSSR count). The summed E-state index contributed by atoms with van der Waals surface area (Å²) in [6.07, 6.45) is 2.89. The number of aryl methyl sites for hydroxylation is 1. The van der Waals surface area contributed by atoms with E-state index in [1.54, 1.807) is 24.2 Å². The highest BCUT2D eigenvalue weighted by Crippen LogP contribution is 2.27. The summed E-state index contributed by atoms with van der Waals surface area (Å²) in [5, 5.41) is 0.222. The van der Waals surface area contributed by atoms with E-state index in [0.717, 1.165) is 0 Å². The molecule has 0 saturated carbocycles. The van der Waals surface area contributed by atoms with Crippen LogP contribution in [0.3, 0.4) is 0 Å². The number of carbonyl (C=O) groups is 1. The maximum Gasteiger partial charge on any atom is 0.263 e. The topological polar surface area (TPSA) is 97.7 Å². The van der Waals surface area contributed by atoms with E-state index in [9.17, 15) is 18.0 Å². The summed E-state index contributed by atoms with van der Waals surface area (Å²) in [4.78, 5) is 26.5. The van der Waals surface area contributed by atoms with Crippen molar-refractivity contribution in [3.8, 4) is 5.75 Å². The van der Waals surface area contributed by atoms with Gasteiger partial charge in [0.05, 0.1) is 17.0 Å². The van der Waals surface area contributed by atoms with Crippen molar-refractivity contribution in [1.29, 1.82) is 0 Å². The number of nitrogens with zero attached hydrogens (tertiary/aromatic N) is 2. The molecule has 0 atom stereocenters. The Morgan fingerprint density at radius 2 is 1.97 bits per heavy atom. The second kappa shape index (κ2) is 9.20. The number of benzene rings is 1. The highest BCUT2D eigenvalue weighted by atomic mass is 35.5. The van der Waals surface area contributed by atoms with Crippen LogP contribution < -0.4 is 15.0 Å². The molecule has 0 spiro atoms. The van der Waals surface area contributed by atoms with E-state index < -0.39 is 10.0 Å². The van der Waals surface area contributed by atoms with Gasteiger partial charge >= 0.3 is 0 Å². The number of carbonyl (C=O) groups excluding carboxylic acids is 1. The lowest BCUT2D eigenvalue weighted by Gasteiger charge is -2.32. The van der Waals surface area contributed by atoms with E-state index in [4.69, 9.17) is 16.3 Å². The van der Waals surface area contributed by atoms with Crippen LogP contribution in [0.25, 0.3) is 0 Å². The Morgan fingerprint density at radius 3 is 2.60 bits per heavy atom. The predicted octanol–water partition coefficient (Wildman–Crippen LogP) is 1.88. The van der Waals surface area contributed by atoms with Gasteiger partial charge in [-0.05, 0) is 49.1 Å². The zero-order chi connectivity index (χ0) is 21.9. The van der Waals surface area contributed by atoms with Gasteiger partial charge in [0.15, 0.2) is 0 Å². The minimum absolute atomic E-state index is 0.0702. The van der Waals surface area contributed by atoms with Gasteiger partial charge in [0.25, 0.3) is 11.5 Å². The third kappa shape index (κ3) is 4.85. The average molecular weight is 454 g/mol. The highest BCUT2D eigenvalue weighted by Gasteiger charge is 2.26. The van der Waals surface area contributed by atoms with Crippen molar-refractivity contribution in [3.05, 3.63) is 57.5 Å². The summed E-state index contributed by atoms with van der Waals surface area (Å²) >= 11 is 6.02. The number of pyridine rings is 1. The van der Waals surface area contributed by atoms with Gasteiger partial charge in [-0.15, -0.1) is 0 Å². The summed E-state index contributed by atoms with van der Waals surface area (Å²) in [5.41, 5.74) is -0.175. The second-order valence-electron chi connectivity index (χ2n) is 7.22. The predicted molar refractivity (Wildman–Crippen MR) is 114 cm³/mol. The van der Waals surface area contributed by atoms with Crippen molar-refractivity contribution in [3.63, 3.8) is 0 Å². The molecule has 1 N–H and O–H groups in total. The number of methoxy groups -OCH3 is 1. The molecule has 2 aromatic rings. The molecule has 1 fully saturated rings. The van der Waals surface area contributed by atoms with Crippen LogP contribution in [-0.4, -0.2) is 50.5 Å². The van der Waals surface area contributed by atoms with Crippen LogP contribution in [0.15, 0.2) is 46.2 Å². The van der Waals surface area contributed by atoms with Gasteiger partial charge in [-0.1, -0.05) is 11.6 Å². The molecule has 2 heterocycles. The lowest BCUT2D eigenvalue weighted by Crippen LogP contribution is -2.43. The molecule has 1 aliphatic rings. The molecule has 162 valence electrons. The average Bonchev–Trinajstić information content (AvgIpc) is 2.74. The van der Waals surface area contributed by atoms with Crippen LogP contribution in [0.4, 0.5) is 0 Å². The van der Waals surface area contributed by atoms with Crippen LogP contribution in [-0.2, 0) is 17.1 Å². The summed E-state index contributed by atoms with van der Waals surface area (Å²) in [6.45, 7) is 1.20. The number of hydrogen-bond donors (Lipinski definition) is 1. The smallest absolute Gasteiger partial charge is 0.263 e. The van der Waals surface area contributed by atoms with E-state index >= 15 is 0 Å². The number of nitrogens with one attached hydrogen (secondary N) is 1. The van der Waals surface area contributed by atoms with Crippen molar-refractivity contribution < 1.29 is 17.9 Å². The van der Waals surface area contributed by atoms with Crippen molar-refractivity contribution in [2.75, 3.05) is 26.7 Å². The number of rotatable bonds is 6. The summed E-state index contributed by atoms with van der Waals surface area (Å²) in [6, 6.07) is 7.50. The molecule has 1 aromatic carbocycles. The van der Waals surface area contributed by atoms with Crippen molar-refractivity contribution >= 4 is 27.5 Å². The Morgan fingerprint density at radius 1 is 1.27 bits per heavy atom. The lowest BCUT2D eigenvalue weighted by molar-refractivity contribution is 0.0689. The van der Waals surface area contributed by atoms with E-state index in [2.05, 4.69) is 4.72 Å². The molecule has 0 unspecified atom stereocenters. The van der Waals surface area contributed by atoms with Crippen molar-refractivity contribution in [2.45, 2.75) is 17.7 Å². The number of piperidine rings is 1. The number of ether oxygens (including phenoxy) is 1. The molecular formula is C20H24ClN3O5S. The van der Waals surface area contributed by atoms with Gasteiger partial charge < -0.3 is 14.2 Å². The SMILES string of the molecule is COc1ccc(S(=O)(=O)NCC2CCN(C(=O)c3cccn(C)c3=O)CC2)cc1Cl. The summed E-state index contributed by atoms with van der Waals surface area (Å²) in [7, 11) is -0.642. The van der Waals surface area contributed by atoms with Crippen LogP contribution in [0, 0.1) is 5.92 Å². The van der Waals surface area contributed by atoms with Crippen molar-refractivity contribution in [2.24, 2.45) is 13.0 Å². The molecule has 1 amide bonds. The number of likely N-dealkylation sites (tertiary alicyclic amines) is 1. The molecule has 30 heavy (non-hydrogen) atoms. The first-order valence-electron chi connectivity index (χ1n) is 9.51. The zero-order valence-electron chi connectivity index (χ0n) is 16.8. The molecule has 0 bridgehead atoms. The van der Waals surface area contributed by atoms with Gasteiger partial charge in [-0.3, -0.25) is 9.59 Å². The van der Waals surface area contributed by atoms with Crippen LogP contribution in [0.5, 0.6) is 5.75 Å². The maximum atomic E-state index is 12.6. The monoisotopic (exact) mass is 453 g/mol. The largest absolute Gasteiger partial charge is 0.495 e. The molecule has 1 saturated heterocycles. The quantitative estimate of drug-likeness (QED) is 0.720. The van der Waals surface area contributed by atoms with E-state index in [0.29, 0.717) is 31.7 Å². The fourth-order valence-electron chi connectivity index (χ4n) is 3.40. The number of halogens is 1. The molecule has 0 aliphatic carbocycles. The van der Waals surface area contributed by atoms with Gasteiger partial charge in [-0.2, -0.15) is 0 Å². The van der Waals surface area contributed by atoms with Crippen LogP contribution in [0.2, 0.25) is 5.02 Å². The fourth-order valence-corrected chi connectivity index (χ4v) is 4.86. The van der Waals surface area contributed by atoms with E-state index in [1.165, 1.54) is 35.9 Å². The first kappa shape index (κ1) is 22.3. The summed E-state index contributed by atoms with van der Waals surface area (Å²) in [5.74, 6) is 0.208. The van der Waals surface area contributed by atoms with E-state index in [-0.39, 0.29) is 39.4 Å². The molecular weight excluding hydrogens is 430 g/mol. The lowest BCUT2D eigenvalue weighted by atomic mass is 9.97. The Hall–Kier alpha value is -2.36. The van der Waals surface area contributed by atoms with Gasteiger partial charge in [-0.25, -0.2) is 13.1 Å². The van der Waals surface area contributed by atoms with E-state index in [1.807, 2.05) is 0 Å². The summed E-state index contributed by atoms with van der Waals surface area (Å²) < 4.78 is 34.1. The van der Waals surface area contributed by atoms with Crippen LogP contribution in [0.1, 0.15) is 23.2 Å². The minimum Gasteiger partial charge on any atom is -0.495 e. The van der Waals surface area contributed by atoms with Crippen molar-refractivity contribution in [1.82, 2.24) is 14.2 Å². The van der Waals surface area contributed by atoms with Gasteiger partial charge in [0.2, 0.25) is 10.0 Å². The number of aromatic nitrogens is 1. The molecule has 10 heteroatoms. The first-order valence-corrected chi connectivity index (χ1v) is 11.4. The molecule has 8 nitrogen and oxygen atoms in total. The van der Waals surface area contributed by atoms with Crippen LogP contribution >= 0.6 is 11.6 Å². The minimum atomic E-state index is -3.70. The third-order valence-corrected chi connectivity index (χ3v) is 6.97. The normalized spacial score (nSPS) is 15.2. The van der Waals surface area contributed by atoms with Gasteiger partial charge in [0.1, 0.15) is 11.3 Å². The van der Waals surface area contributed by atoms with Gasteiger partial charge in [0, 0.05) is 32.9 Å². The highest BCUT2D eigenvalue weighted by molar-refractivity contribution is 7.89. The third-order valence-electron chi connectivity index (χ3n) is 5.25. The fraction of sp³-hybridized carbons (Fsp3) is 0.400. The number of sulfonamides is 1. The first-order chi connectivity index (χ1) is 14.2. The maximum absolute atomic E-state index is 12.6. The second-order valence-corrected chi connectivity index (χ2v) is 9.40. The zero-order valence-corrected chi connectivity index (χ0v) is 18.4. The Bertz CT molecular complexity index is 1090. The Balaban J connectivity index is 1.57. The molecule has 0 radical (unpaired) electrons. The Kier molecular flexibility index (Phi) is 6.84. The molecule has 1 aliphatic heterocycles. The number of hydrogen-bond acceptors (Lipinski definition) is 5. The standard InChI is InChI=1S/C20H24ClN3O5S/c1-23-9-3-4-16(19(23)25)20(26)24-10-7-14(8-11-24)13-22-30(27,28)15-5-6-18(29-2)17(21)12-15/h3-6,9,12,14,22H,7-8,10-11,13H2,1-2H3. The number of amides is 1.